The van der Waals surface area contributed by atoms with Gasteiger partial charge in [-0.1, -0.05) is 176 Å². The molecular weight excluding hydrogens is 695 g/mol. The van der Waals surface area contributed by atoms with Crippen molar-refractivity contribution in [2.75, 3.05) is 0 Å². The van der Waals surface area contributed by atoms with Gasteiger partial charge in [0.15, 0.2) is 5.82 Å². The second kappa shape index (κ2) is 13.6. The summed E-state index contributed by atoms with van der Waals surface area (Å²) in [6, 6.07) is 69.5. The lowest BCUT2D eigenvalue weighted by atomic mass is 9.91. The van der Waals surface area contributed by atoms with Crippen LogP contribution in [0, 0.1) is 0 Å². The first-order valence-electron chi connectivity index (χ1n) is 19.2. The van der Waals surface area contributed by atoms with Gasteiger partial charge >= 0.3 is 0 Å². The molecule has 4 heteroatoms. The Morgan fingerprint density at radius 1 is 0.333 bits per heavy atom. The number of pyridine rings is 1. The minimum Gasteiger partial charge on any atom is -0.455 e. The van der Waals surface area contributed by atoms with Crippen molar-refractivity contribution in [3.05, 3.63) is 200 Å². The predicted octanol–water partition coefficient (Wildman–Crippen LogP) is 14.1. The Morgan fingerprint density at radius 2 is 0.842 bits per heavy atom. The number of nitrogens with zero attached hydrogens (tertiary/aromatic N) is 3. The highest BCUT2D eigenvalue weighted by Crippen LogP contribution is 2.46. The van der Waals surface area contributed by atoms with Crippen molar-refractivity contribution < 1.29 is 4.42 Å². The van der Waals surface area contributed by atoms with Crippen LogP contribution in [-0.2, 0) is 0 Å². The number of rotatable bonds is 6. The Kier molecular flexibility index (Phi) is 7.78. The topological polar surface area (TPSA) is 51.8 Å². The third-order valence-electron chi connectivity index (χ3n) is 10.9. The standard InChI is InChI=1S/C53H33N3O/c1-4-14-34(15-5-1)35-24-30-39(31-25-35)51-44-32-43(52-50(42-21-11-13-23-48(42)57-52)49(44)41-20-10-12-22-45(41)54-51)36-26-28-38(29-27-36)47-33-46(37-16-6-2-7-17-37)55-53(56-47)40-18-8-3-9-19-40/h1-33H. The van der Waals surface area contributed by atoms with Crippen molar-refractivity contribution >= 4 is 43.6 Å². The van der Waals surface area contributed by atoms with Crippen molar-refractivity contribution in [1.29, 1.82) is 0 Å². The summed E-state index contributed by atoms with van der Waals surface area (Å²) >= 11 is 0. The average Bonchev–Trinajstić information content (AvgIpc) is 3.69. The van der Waals surface area contributed by atoms with Gasteiger partial charge in [-0.25, -0.2) is 15.0 Å². The summed E-state index contributed by atoms with van der Waals surface area (Å²) < 4.78 is 6.81. The second-order valence-electron chi connectivity index (χ2n) is 14.3. The maximum absolute atomic E-state index is 6.81. The fraction of sp³-hybridized carbons (Fsp3) is 0. The molecule has 4 nitrogen and oxygen atoms in total. The molecule has 0 unspecified atom stereocenters. The normalized spacial score (nSPS) is 11.5. The molecule has 11 aromatic rings. The van der Waals surface area contributed by atoms with E-state index in [1.54, 1.807) is 0 Å². The summed E-state index contributed by atoms with van der Waals surface area (Å²) in [6.07, 6.45) is 0. The molecule has 0 fully saturated rings. The summed E-state index contributed by atoms with van der Waals surface area (Å²) in [6.45, 7) is 0. The zero-order valence-corrected chi connectivity index (χ0v) is 30.8. The van der Waals surface area contributed by atoms with Gasteiger partial charge in [0.25, 0.3) is 0 Å². The van der Waals surface area contributed by atoms with Crippen LogP contribution in [0.5, 0.6) is 0 Å². The molecular formula is C53H33N3O. The van der Waals surface area contributed by atoms with Gasteiger partial charge in [-0.15, -0.1) is 0 Å². The summed E-state index contributed by atoms with van der Waals surface area (Å²) in [7, 11) is 0. The molecule has 3 aromatic heterocycles. The van der Waals surface area contributed by atoms with Gasteiger partial charge in [0.2, 0.25) is 0 Å². The molecule has 3 heterocycles. The zero-order valence-electron chi connectivity index (χ0n) is 30.8. The number of hydrogen-bond acceptors (Lipinski definition) is 4. The monoisotopic (exact) mass is 727 g/mol. The van der Waals surface area contributed by atoms with E-state index in [0.29, 0.717) is 5.82 Å². The molecule has 0 atom stereocenters. The molecule has 57 heavy (non-hydrogen) atoms. The number of aromatic nitrogens is 3. The lowest BCUT2D eigenvalue weighted by molar-refractivity contribution is 0.670. The zero-order chi connectivity index (χ0) is 37.7. The number of hydrogen-bond donors (Lipinski definition) is 0. The first-order valence-corrected chi connectivity index (χ1v) is 19.2. The van der Waals surface area contributed by atoms with Crippen LogP contribution in [-0.4, -0.2) is 15.0 Å². The molecule has 0 aliphatic heterocycles. The van der Waals surface area contributed by atoms with E-state index in [-0.39, 0.29) is 0 Å². The Labute approximate surface area is 329 Å². The van der Waals surface area contributed by atoms with Crippen molar-refractivity contribution in [2.24, 2.45) is 0 Å². The van der Waals surface area contributed by atoms with Crippen molar-refractivity contribution in [1.82, 2.24) is 15.0 Å². The lowest BCUT2D eigenvalue weighted by Gasteiger charge is -2.14. The predicted molar refractivity (Wildman–Crippen MR) is 235 cm³/mol. The summed E-state index contributed by atoms with van der Waals surface area (Å²) in [5.41, 5.74) is 13.8. The van der Waals surface area contributed by atoms with Gasteiger partial charge in [0.1, 0.15) is 11.2 Å². The highest BCUT2D eigenvalue weighted by Gasteiger charge is 2.22. The molecule has 0 amide bonds. The van der Waals surface area contributed by atoms with Crippen LogP contribution >= 0.6 is 0 Å². The second-order valence-corrected chi connectivity index (χ2v) is 14.3. The van der Waals surface area contributed by atoms with Gasteiger partial charge in [0.05, 0.1) is 22.6 Å². The fourth-order valence-corrected chi connectivity index (χ4v) is 8.10. The van der Waals surface area contributed by atoms with E-state index in [0.717, 1.165) is 94.1 Å². The highest BCUT2D eigenvalue weighted by atomic mass is 16.3. The van der Waals surface area contributed by atoms with Crippen molar-refractivity contribution in [2.45, 2.75) is 0 Å². The Hall–Kier alpha value is -7.69. The molecule has 0 spiro atoms. The molecule has 11 rings (SSSR count). The SMILES string of the molecule is c1ccc(-c2ccc(-c3nc4ccccc4c4c3cc(-c3ccc(-c5cc(-c6ccccc6)nc(-c6ccccc6)n5)cc3)c3oc5ccccc5c34)cc2)cc1. The van der Waals surface area contributed by atoms with Crippen molar-refractivity contribution in [3.8, 4) is 67.4 Å². The number of fused-ring (bicyclic) bond motifs is 7. The van der Waals surface area contributed by atoms with Crippen LogP contribution < -0.4 is 0 Å². The summed E-state index contributed by atoms with van der Waals surface area (Å²) in [5, 5.41) is 5.50. The molecule has 0 N–H and O–H groups in total. The van der Waals surface area contributed by atoms with Crippen LogP contribution in [0.2, 0.25) is 0 Å². The van der Waals surface area contributed by atoms with Crippen LogP contribution in [0.25, 0.3) is 111 Å². The Balaban J connectivity index is 1.11. The fourth-order valence-electron chi connectivity index (χ4n) is 8.10. The Bertz CT molecular complexity index is 3190. The van der Waals surface area contributed by atoms with E-state index in [9.17, 15) is 0 Å². The van der Waals surface area contributed by atoms with E-state index >= 15 is 0 Å². The highest BCUT2D eigenvalue weighted by molar-refractivity contribution is 6.30. The molecule has 0 saturated heterocycles. The minimum absolute atomic E-state index is 0.693. The van der Waals surface area contributed by atoms with E-state index in [1.165, 1.54) is 11.1 Å². The van der Waals surface area contributed by atoms with Crippen LogP contribution in [0.4, 0.5) is 0 Å². The molecule has 8 aromatic carbocycles. The quantitative estimate of drug-likeness (QED) is 0.160. The molecule has 0 aliphatic rings. The third kappa shape index (κ3) is 5.74. The van der Waals surface area contributed by atoms with Crippen LogP contribution in [0.15, 0.2) is 205 Å². The minimum atomic E-state index is 0.693. The van der Waals surface area contributed by atoms with Crippen LogP contribution in [0.1, 0.15) is 0 Å². The Morgan fingerprint density at radius 3 is 1.54 bits per heavy atom. The molecule has 0 radical (unpaired) electrons. The van der Waals surface area contributed by atoms with E-state index in [2.05, 4.69) is 152 Å². The summed E-state index contributed by atoms with van der Waals surface area (Å²) in [5.74, 6) is 0.693. The largest absolute Gasteiger partial charge is 0.455 e. The maximum Gasteiger partial charge on any atom is 0.160 e. The number of benzene rings is 8. The number of furan rings is 1. The average molecular weight is 728 g/mol. The lowest BCUT2D eigenvalue weighted by Crippen LogP contribution is -1.96. The smallest absolute Gasteiger partial charge is 0.160 e. The maximum atomic E-state index is 6.81. The van der Waals surface area contributed by atoms with Gasteiger partial charge in [-0.05, 0) is 41.0 Å². The number of para-hydroxylation sites is 2. The van der Waals surface area contributed by atoms with Crippen LogP contribution in [0.3, 0.4) is 0 Å². The van der Waals surface area contributed by atoms with E-state index in [1.807, 2.05) is 48.5 Å². The van der Waals surface area contributed by atoms with Gasteiger partial charge in [-0.3, -0.25) is 0 Å². The molecule has 0 bridgehead atoms. The van der Waals surface area contributed by atoms with Gasteiger partial charge in [0, 0.05) is 54.7 Å². The molecule has 0 saturated carbocycles. The van der Waals surface area contributed by atoms with Gasteiger partial charge < -0.3 is 4.42 Å². The first-order chi connectivity index (χ1) is 28.2. The van der Waals surface area contributed by atoms with Gasteiger partial charge in [-0.2, -0.15) is 0 Å². The molecule has 266 valence electrons. The van der Waals surface area contributed by atoms with E-state index in [4.69, 9.17) is 19.4 Å². The molecule has 0 aliphatic carbocycles. The summed E-state index contributed by atoms with van der Waals surface area (Å²) in [4.78, 5) is 15.4. The van der Waals surface area contributed by atoms with E-state index < -0.39 is 0 Å². The first kappa shape index (κ1) is 32.7. The third-order valence-corrected chi connectivity index (χ3v) is 10.9. The van der Waals surface area contributed by atoms with Crippen molar-refractivity contribution in [3.63, 3.8) is 0 Å².